The van der Waals surface area contributed by atoms with Crippen LogP contribution in [0.5, 0.6) is 5.75 Å². The molecule has 0 bridgehead atoms. The Kier molecular flexibility index (Phi) is 6.87. The molecule has 166 valence electrons. The number of carbonyl (C=O) groups is 2. The topological polar surface area (TPSA) is 49.9 Å². The molecule has 2 aromatic carbocycles. The van der Waals surface area contributed by atoms with Crippen molar-refractivity contribution >= 4 is 11.8 Å². The van der Waals surface area contributed by atoms with Gasteiger partial charge in [-0.05, 0) is 43.2 Å². The Morgan fingerprint density at radius 1 is 0.935 bits per heavy atom. The van der Waals surface area contributed by atoms with Crippen molar-refractivity contribution in [2.24, 2.45) is 0 Å². The van der Waals surface area contributed by atoms with Crippen LogP contribution in [0.25, 0.3) is 0 Å². The monoisotopic (exact) mass is 434 g/mol. The zero-order chi connectivity index (χ0) is 22.6. The lowest BCUT2D eigenvalue weighted by atomic mass is 10.1. The summed E-state index contributed by atoms with van der Waals surface area (Å²) in [5, 5.41) is 0. The van der Waals surface area contributed by atoms with Gasteiger partial charge in [0.1, 0.15) is 5.75 Å². The maximum Gasteiger partial charge on any atom is 0.417 e. The highest BCUT2D eigenvalue weighted by molar-refractivity contribution is 5.96. The molecule has 0 unspecified atom stereocenters. The van der Waals surface area contributed by atoms with Crippen LogP contribution in [-0.4, -0.2) is 54.4 Å². The van der Waals surface area contributed by atoms with Crippen LogP contribution in [0.3, 0.4) is 0 Å². The van der Waals surface area contributed by atoms with Crippen molar-refractivity contribution in [3.63, 3.8) is 0 Å². The highest BCUT2D eigenvalue weighted by Crippen LogP contribution is 2.32. The van der Waals surface area contributed by atoms with E-state index < -0.39 is 17.6 Å². The van der Waals surface area contributed by atoms with Gasteiger partial charge < -0.3 is 14.5 Å². The van der Waals surface area contributed by atoms with E-state index in [4.69, 9.17) is 4.74 Å². The van der Waals surface area contributed by atoms with Crippen LogP contribution in [0, 0.1) is 13.8 Å². The second-order valence-corrected chi connectivity index (χ2v) is 7.51. The Balaban J connectivity index is 1.52. The number of rotatable bonds is 5. The highest BCUT2D eigenvalue weighted by atomic mass is 19.4. The molecule has 1 aliphatic rings. The van der Waals surface area contributed by atoms with Crippen molar-refractivity contribution in [3.8, 4) is 5.75 Å². The molecule has 31 heavy (non-hydrogen) atoms. The maximum atomic E-state index is 13.2. The molecular formula is C23H25F3N2O3. The third-order valence-electron chi connectivity index (χ3n) is 5.51. The van der Waals surface area contributed by atoms with Crippen LogP contribution in [0.4, 0.5) is 13.2 Å². The first-order valence-electron chi connectivity index (χ1n) is 10.1. The Morgan fingerprint density at radius 3 is 2.26 bits per heavy atom. The fourth-order valence-corrected chi connectivity index (χ4v) is 3.53. The SMILES string of the molecule is Cc1cccc(OCCC(=O)N2CCN(C(=O)c3ccccc3C(F)(F)F)CC2)c1C. The molecule has 5 nitrogen and oxygen atoms in total. The molecule has 2 aromatic rings. The van der Waals surface area contributed by atoms with Gasteiger partial charge in [0.15, 0.2) is 0 Å². The molecule has 1 aliphatic heterocycles. The van der Waals surface area contributed by atoms with Crippen molar-refractivity contribution < 1.29 is 27.5 Å². The predicted molar refractivity (Wildman–Crippen MR) is 110 cm³/mol. The van der Waals surface area contributed by atoms with Crippen LogP contribution in [-0.2, 0) is 11.0 Å². The van der Waals surface area contributed by atoms with Crippen molar-refractivity contribution in [1.82, 2.24) is 9.80 Å². The number of piperazine rings is 1. The maximum absolute atomic E-state index is 13.2. The number of halogens is 3. The van der Waals surface area contributed by atoms with Gasteiger partial charge >= 0.3 is 6.18 Å². The van der Waals surface area contributed by atoms with E-state index in [1.54, 1.807) is 4.90 Å². The molecule has 0 aliphatic carbocycles. The lowest BCUT2D eigenvalue weighted by Gasteiger charge is -2.35. The van der Waals surface area contributed by atoms with E-state index in [0.29, 0.717) is 0 Å². The smallest absolute Gasteiger partial charge is 0.417 e. The van der Waals surface area contributed by atoms with Gasteiger partial charge in [-0.25, -0.2) is 0 Å². The summed E-state index contributed by atoms with van der Waals surface area (Å²) in [5.74, 6) is -0.0297. The molecule has 8 heteroatoms. The Morgan fingerprint density at radius 2 is 1.58 bits per heavy atom. The minimum Gasteiger partial charge on any atom is -0.493 e. The molecule has 0 aromatic heterocycles. The molecule has 0 spiro atoms. The minimum absolute atomic E-state index is 0.104. The van der Waals surface area contributed by atoms with Gasteiger partial charge in [0.25, 0.3) is 5.91 Å². The summed E-state index contributed by atoms with van der Waals surface area (Å²) in [5.41, 5.74) is 0.830. The summed E-state index contributed by atoms with van der Waals surface area (Å²) < 4.78 is 45.3. The number of nitrogens with zero attached hydrogens (tertiary/aromatic N) is 2. The Hall–Kier alpha value is -3.03. The van der Waals surface area contributed by atoms with E-state index in [9.17, 15) is 22.8 Å². The molecule has 0 atom stereocenters. The number of amides is 2. The summed E-state index contributed by atoms with van der Waals surface area (Å²) in [6.07, 6.45) is -4.40. The number of carbonyl (C=O) groups excluding carboxylic acids is 2. The Bertz CT molecular complexity index is 951. The molecule has 1 fully saturated rings. The molecule has 1 heterocycles. The van der Waals surface area contributed by atoms with Crippen LogP contribution >= 0.6 is 0 Å². The molecule has 0 N–H and O–H groups in total. The van der Waals surface area contributed by atoms with Crippen LogP contribution in [0.2, 0.25) is 0 Å². The molecular weight excluding hydrogens is 409 g/mol. The van der Waals surface area contributed by atoms with Gasteiger partial charge in [-0.15, -0.1) is 0 Å². The number of hydrogen-bond donors (Lipinski definition) is 0. The number of aryl methyl sites for hydroxylation is 1. The first-order valence-corrected chi connectivity index (χ1v) is 10.1. The van der Waals surface area contributed by atoms with E-state index in [1.807, 2.05) is 32.0 Å². The van der Waals surface area contributed by atoms with Gasteiger partial charge in [0, 0.05) is 26.2 Å². The first-order chi connectivity index (χ1) is 14.7. The summed E-state index contributed by atoms with van der Waals surface area (Å²) in [7, 11) is 0. The summed E-state index contributed by atoms with van der Waals surface area (Å²) in [4.78, 5) is 28.1. The number of benzene rings is 2. The average Bonchev–Trinajstić information content (AvgIpc) is 2.75. The van der Waals surface area contributed by atoms with Gasteiger partial charge in [0.2, 0.25) is 5.91 Å². The normalized spacial score (nSPS) is 14.5. The second-order valence-electron chi connectivity index (χ2n) is 7.51. The van der Waals surface area contributed by atoms with Gasteiger partial charge in [-0.3, -0.25) is 9.59 Å². The number of ether oxygens (including phenoxy) is 1. The zero-order valence-electron chi connectivity index (χ0n) is 17.5. The highest BCUT2D eigenvalue weighted by Gasteiger charge is 2.36. The standard InChI is InChI=1S/C23H25F3N2O3/c1-16-6-5-9-20(17(16)2)31-15-10-21(29)27-11-13-28(14-12-27)22(30)18-7-3-4-8-19(18)23(24,25)26/h3-9H,10-15H2,1-2H3. The van der Waals surface area contributed by atoms with Crippen LogP contribution in [0.15, 0.2) is 42.5 Å². The third kappa shape index (κ3) is 5.37. The zero-order valence-corrected chi connectivity index (χ0v) is 17.5. The summed E-state index contributed by atoms with van der Waals surface area (Å²) in [6.45, 7) is 5.12. The van der Waals surface area contributed by atoms with E-state index in [0.717, 1.165) is 22.9 Å². The van der Waals surface area contributed by atoms with E-state index in [2.05, 4.69) is 0 Å². The third-order valence-corrected chi connectivity index (χ3v) is 5.51. The van der Waals surface area contributed by atoms with Crippen molar-refractivity contribution in [2.45, 2.75) is 26.4 Å². The van der Waals surface area contributed by atoms with Crippen molar-refractivity contribution in [3.05, 3.63) is 64.7 Å². The lowest BCUT2D eigenvalue weighted by molar-refractivity contribution is -0.138. The molecule has 0 saturated carbocycles. The van der Waals surface area contributed by atoms with Crippen molar-refractivity contribution in [1.29, 1.82) is 0 Å². The fourth-order valence-electron chi connectivity index (χ4n) is 3.53. The van der Waals surface area contributed by atoms with E-state index in [1.165, 1.54) is 23.1 Å². The Labute approximate surface area is 179 Å². The van der Waals surface area contributed by atoms with E-state index >= 15 is 0 Å². The largest absolute Gasteiger partial charge is 0.493 e. The molecule has 3 rings (SSSR count). The minimum atomic E-state index is -4.60. The van der Waals surface area contributed by atoms with E-state index in [-0.39, 0.29) is 50.7 Å². The number of alkyl halides is 3. The fraction of sp³-hybridized carbons (Fsp3) is 0.391. The molecule has 0 radical (unpaired) electrons. The summed E-state index contributed by atoms with van der Waals surface area (Å²) in [6, 6.07) is 10.5. The average molecular weight is 434 g/mol. The quantitative estimate of drug-likeness (QED) is 0.713. The molecule has 1 saturated heterocycles. The first kappa shape index (κ1) is 22.7. The predicted octanol–water partition coefficient (Wildman–Crippen LogP) is 4.08. The van der Waals surface area contributed by atoms with Crippen LogP contribution in [0.1, 0.15) is 33.5 Å². The van der Waals surface area contributed by atoms with Crippen LogP contribution < -0.4 is 4.74 Å². The van der Waals surface area contributed by atoms with Gasteiger partial charge in [-0.2, -0.15) is 13.2 Å². The summed E-state index contributed by atoms with van der Waals surface area (Å²) >= 11 is 0. The molecule has 2 amide bonds. The second kappa shape index (κ2) is 9.41. The van der Waals surface area contributed by atoms with Gasteiger partial charge in [-0.1, -0.05) is 24.3 Å². The van der Waals surface area contributed by atoms with Gasteiger partial charge in [0.05, 0.1) is 24.2 Å². The number of hydrogen-bond acceptors (Lipinski definition) is 3. The lowest BCUT2D eigenvalue weighted by Crippen LogP contribution is -2.51. The van der Waals surface area contributed by atoms with Crippen molar-refractivity contribution in [2.75, 3.05) is 32.8 Å².